The van der Waals surface area contributed by atoms with E-state index in [4.69, 9.17) is 0 Å². The molecule has 2 N–H and O–H groups in total. The first-order valence-electron chi connectivity index (χ1n) is 8.87. The maximum absolute atomic E-state index is 11.9. The van der Waals surface area contributed by atoms with Crippen LogP contribution in [0.3, 0.4) is 0 Å². The molecule has 0 amide bonds. The summed E-state index contributed by atoms with van der Waals surface area (Å²) in [4.78, 5) is 13.9. The second-order valence-electron chi connectivity index (χ2n) is 6.77. The second kappa shape index (κ2) is 7.38. The van der Waals surface area contributed by atoms with Crippen LogP contribution in [0.2, 0.25) is 0 Å². The van der Waals surface area contributed by atoms with Crippen molar-refractivity contribution in [1.29, 1.82) is 0 Å². The Morgan fingerprint density at radius 1 is 1.12 bits per heavy atom. The molecule has 0 saturated carbocycles. The van der Waals surface area contributed by atoms with E-state index in [2.05, 4.69) is 6.92 Å². The van der Waals surface area contributed by atoms with Crippen LogP contribution in [0, 0.1) is 0 Å². The van der Waals surface area contributed by atoms with Crippen LogP contribution in [0.1, 0.15) is 42.5 Å². The number of hydrogen-bond acceptors (Lipinski definition) is 3. The molecule has 0 bridgehead atoms. The van der Waals surface area contributed by atoms with Crippen molar-refractivity contribution in [2.45, 2.75) is 37.8 Å². The SMILES string of the molecule is CCc1cccc([C@@H](C(=O)O)N2CCC(O)(c3ccccc3)CC2)c1. The molecule has 1 fully saturated rings. The van der Waals surface area contributed by atoms with Gasteiger partial charge in [0.1, 0.15) is 6.04 Å². The summed E-state index contributed by atoms with van der Waals surface area (Å²) in [6.07, 6.45) is 1.95. The Kier molecular flexibility index (Phi) is 5.21. The Hall–Kier alpha value is -2.17. The van der Waals surface area contributed by atoms with E-state index in [0.29, 0.717) is 25.9 Å². The van der Waals surface area contributed by atoms with Gasteiger partial charge in [-0.2, -0.15) is 0 Å². The van der Waals surface area contributed by atoms with Crippen molar-refractivity contribution >= 4 is 5.97 Å². The van der Waals surface area contributed by atoms with E-state index in [1.165, 1.54) is 0 Å². The monoisotopic (exact) mass is 339 g/mol. The maximum atomic E-state index is 11.9. The van der Waals surface area contributed by atoms with E-state index >= 15 is 0 Å². The van der Waals surface area contributed by atoms with Crippen molar-refractivity contribution in [2.24, 2.45) is 0 Å². The van der Waals surface area contributed by atoms with Gasteiger partial charge in [-0.3, -0.25) is 9.69 Å². The molecule has 0 radical (unpaired) electrons. The van der Waals surface area contributed by atoms with E-state index in [0.717, 1.165) is 23.1 Å². The third-order valence-corrected chi connectivity index (χ3v) is 5.21. The molecule has 4 nitrogen and oxygen atoms in total. The van der Waals surface area contributed by atoms with Gasteiger partial charge in [0.25, 0.3) is 0 Å². The summed E-state index contributed by atoms with van der Waals surface area (Å²) in [6.45, 7) is 3.17. The zero-order chi connectivity index (χ0) is 17.9. The lowest BCUT2D eigenvalue weighted by molar-refractivity contribution is -0.145. The molecule has 2 aromatic carbocycles. The normalized spacial score (nSPS) is 18.6. The van der Waals surface area contributed by atoms with Crippen molar-refractivity contribution in [1.82, 2.24) is 4.90 Å². The molecule has 1 saturated heterocycles. The first kappa shape index (κ1) is 17.6. The number of carboxylic acids is 1. The third kappa shape index (κ3) is 3.75. The van der Waals surface area contributed by atoms with Gasteiger partial charge >= 0.3 is 5.97 Å². The van der Waals surface area contributed by atoms with Crippen LogP contribution in [0.4, 0.5) is 0 Å². The fraction of sp³-hybridized carbons (Fsp3) is 0.381. The molecule has 132 valence electrons. The number of piperidine rings is 1. The van der Waals surface area contributed by atoms with Gasteiger partial charge in [0.05, 0.1) is 5.60 Å². The average molecular weight is 339 g/mol. The molecule has 0 aromatic heterocycles. The van der Waals surface area contributed by atoms with E-state index in [9.17, 15) is 15.0 Å². The highest BCUT2D eigenvalue weighted by molar-refractivity contribution is 5.75. The van der Waals surface area contributed by atoms with Gasteiger partial charge in [0.15, 0.2) is 0 Å². The Morgan fingerprint density at radius 2 is 1.80 bits per heavy atom. The predicted octanol–water partition coefficient (Wildman–Crippen LogP) is 3.36. The summed E-state index contributed by atoms with van der Waals surface area (Å²) >= 11 is 0. The Bertz CT molecular complexity index is 721. The minimum Gasteiger partial charge on any atom is -0.480 e. The Labute approximate surface area is 148 Å². The Balaban J connectivity index is 1.78. The second-order valence-corrected chi connectivity index (χ2v) is 6.77. The molecule has 1 aliphatic heterocycles. The molecule has 0 unspecified atom stereocenters. The van der Waals surface area contributed by atoms with Crippen molar-refractivity contribution in [3.63, 3.8) is 0 Å². The number of nitrogens with zero attached hydrogens (tertiary/aromatic N) is 1. The van der Waals surface area contributed by atoms with Crippen molar-refractivity contribution in [3.8, 4) is 0 Å². The van der Waals surface area contributed by atoms with Crippen molar-refractivity contribution in [2.75, 3.05) is 13.1 Å². The van der Waals surface area contributed by atoms with Crippen LogP contribution in [0.5, 0.6) is 0 Å². The molecular formula is C21H25NO3. The molecule has 1 atom stereocenters. The predicted molar refractivity (Wildman–Crippen MR) is 97.3 cm³/mol. The number of likely N-dealkylation sites (tertiary alicyclic amines) is 1. The molecular weight excluding hydrogens is 314 g/mol. The summed E-state index contributed by atoms with van der Waals surface area (Å²) in [5.41, 5.74) is 2.00. The van der Waals surface area contributed by atoms with Crippen LogP contribution in [0.15, 0.2) is 54.6 Å². The largest absolute Gasteiger partial charge is 0.480 e. The van der Waals surface area contributed by atoms with Crippen molar-refractivity contribution in [3.05, 3.63) is 71.3 Å². The highest BCUT2D eigenvalue weighted by Gasteiger charge is 2.38. The van der Waals surface area contributed by atoms with E-state index in [1.54, 1.807) is 0 Å². The van der Waals surface area contributed by atoms with Crippen LogP contribution < -0.4 is 0 Å². The number of hydrogen-bond donors (Lipinski definition) is 2. The molecule has 25 heavy (non-hydrogen) atoms. The van der Waals surface area contributed by atoms with Crippen LogP contribution in [-0.4, -0.2) is 34.2 Å². The fourth-order valence-electron chi connectivity index (χ4n) is 3.68. The van der Waals surface area contributed by atoms with Gasteiger partial charge in [0, 0.05) is 13.1 Å². The van der Waals surface area contributed by atoms with Gasteiger partial charge in [-0.25, -0.2) is 0 Å². The smallest absolute Gasteiger partial charge is 0.325 e. The molecule has 0 spiro atoms. The summed E-state index contributed by atoms with van der Waals surface area (Å²) in [7, 11) is 0. The number of rotatable bonds is 5. The van der Waals surface area contributed by atoms with E-state index < -0.39 is 17.6 Å². The Morgan fingerprint density at radius 3 is 2.40 bits per heavy atom. The van der Waals surface area contributed by atoms with E-state index in [-0.39, 0.29) is 0 Å². The highest BCUT2D eigenvalue weighted by atomic mass is 16.4. The topological polar surface area (TPSA) is 60.8 Å². The van der Waals surface area contributed by atoms with Crippen LogP contribution >= 0.6 is 0 Å². The molecule has 2 aromatic rings. The van der Waals surface area contributed by atoms with Crippen LogP contribution in [-0.2, 0) is 16.8 Å². The summed E-state index contributed by atoms with van der Waals surface area (Å²) in [6, 6.07) is 16.8. The molecule has 1 aliphatic rings. The first-order valence-corrected chi connectivity index (χ1v) is 8.87. The molecule has 4 heteroatoms. The van der Waals surface area contributed by atoms with Gasteiger partial charge in [0.2, 0.25) is 0 Å². The van der Waals surface area contributed by atoms with Crippen molar-refractivity contribution < 1.29 is 15.0 Å². The maximum Gasteiger partial charge on any atom is 0.325 e. The first-order chi connectivity index (χ1) is 12.0. The standard InChI is InChI=1S/C21H25NO3/c1-2-16-7-6-8-17(15-16)19(20(23)24)22-13-11-21(25,12-14-22)18-9-4-3-5-10-18/h3-10,15,19,25H,2,11-14H2,1H3,(H,23,24)/t19-/m0/s1. The zero-order valence-electron chi connectivity index (χ0n) is 14.6. The number of carbonyl (C=O) groups is 1. The van der Waals surface area contributed by atoms with Gasteiger partial charge in [-0.15, -0.1) is 0 Å². The minimum atomic E-state index is -0.869. The van der Waals surface area contributed by atoms with Gasteiger partial charge in [-0.1, -0.05) is 61.5 Å². The van der Waals surface area contributed by atoms with E-state index in [1.807, 2.05) is 59.5 Å². The van der Waals surface area contributed by atoms with Gasteiger partial charge in [-0.05, 0) is 36.0 Å². The highest BCUT2D eigenvalue weighted by Crippen LogP contribution is 2.36. The molecule has 0 aliphatic carbocycles. The summed E-state index contributed by atoms with van der Waals surface area (Å²) in [5, 5.41) is 20.7. The lowest BCUT2D eigenvalue weighted by Gasteiger charge is -2.41. The minimum absolute atomic E-state index is 0.536. The molecule has 1 heterocycles. The zero-order valence-corrected chi connectivity index (χ0v) is 14.6. The van der Waals surface area contributed by atoms with Gasteiger partial charge < -0.3 is 10.2 Å². The number of carboxylic acid groups (broad SMARTS) is 1. The number of aliphatic carboxylic acids is 1. The lowest BCUT2D eigenvalue weighted by Crippen LogP contribution is -2.46. The van der Waals surface area contributed by atoms with Crippen LogP contribution in [0.25, 0.3) is 0 Å². The third-order valence-electron chi connectivity index (χ3n) is 5.21. The fourth-order valence-corrected chi connectivity index (χ4v) is 3.68. The number of benzene rings is 2. The lowest BCUT2D eigenvalue weighted by atomic mass is 9.83. The quantitative estimate of drug-likeness (QED) is 0.877. The summed E-state index contributed by atoms with van der Waals surface area (Å²) in [5.74, 6) is -0.835. The number of aryl methyl sites for hydroxylation is 1. The average Bonchev–Trinajstić information content (AvgIpc) is 2.64. The molecule has 3 rings (SSSR count). The number of aliphatic hydroxyl groups is 1. The summed E-state index contributed by atoms with van der Waals surface area (Å²) < 4.78 is 0.